The van der Waals surface area contributed by atoms with Crippen LogP contribution in [0.25, 0.3) is 5.57 Å². The third-order valence-corrected chi connectivity index (χ3v) is 3.86. The Labute approximate surface area is 134 Å². The first-order chi connectivity index (χ1) is 10.5. The molecule has 2 aromatic rings. The summed E-state index contributed by atoms with van der Waals surface area (Å²) in [5, 5.41) is 0. The summed E-state index contributed by atoms with van der Waals surface area (Å²) in [6, 6.07) is 17.0. The van der Waals surface area contributed by atoms with E-state index in [1.54, 1.807) is 0 Å². The lowest BCUT2D eigenvalue weighted by atomic mass is 9.99. The van der Waals surface area contributed by atoms with Gasteiger partial charge in [0.15, 0.2) is 0 Å². The molecule has 22 heavy (non-hydrogen) atoms. The molecule has 0 unspecified atom stereocenters. The molecular weight excluding hydrogens is 264 g/mol. The molecule has 0 N–H and O–H groups in total. The molecule has 0 saturated carbocycles. The van der Waals surface area contributed by atoms with Crippen molar-refractivity contribution in [3.8, 4) is 11.8 Å². The highest BCUT2D eigenvalue weighted by Gasteiger charge is 2.00. The minimum atomic E-state index is 0.549. The molecule has 0 atom stereocenters. The van der Waals surface area contributed by atoms with Crippen molar-refractivity contribution in [3.05, 3.63) is 77.4 Å². The summed E-state index contributed by atoms with van der Waals surface area (Å²) in [6.45, 7) is 12.9. The van der Waals surface area contributed by atoms with Gasteiger partial charge < -0.3 is 0 Å². The summed E-state index contributed by atoms with van der Waals surface area (Å²) < 4.78 is 0. The van der Waals surface area contributed by atoms with E-state index in [9.17, 15) is 0 Å². The largest absolute Gasteiger partial charge is 0.0827 e. The fourth-order valence-corrected chi connectivity index (χ4v) is 2.24. The number of hydrogen-bond acceptors (Lipinski definition) is 0. The van der Waals surface area contributed by atoms with Crippen LogP contribution in [-0.2, 0) is 0 Å². The van der Waals surface area contributed by atoms with Crippen LogP contribution in [0.2, 0.25) is 0 Å². The van der Waals surface area contributed by atoms with Crippen LogP contribution in [0.5, 0.6) is 0 Å². The predicted molar refractivity (Wildman–Crippen MR) is 97.0 cm³/mol. The van der Waals surface area contributed by atoms with E-state index in [-0.39, 0.29) is 0 Å². The van der Waals surface area contributed by atoms with Gasteiger partial charge in [-0.3, -0.25) is 0 Å². The molecule has 0 spiro atoms. The van der Waals surface area contributed by atoms with Gasteiger partial charge in [0.05, 0.1) is 0 Å². The molecule has 0 radical (unpaired) electrons. The molecule has 0 fully saturated rings. The van der Waals surface area contributed by atoms with E-state index >= 15 is 0 Å². The van der Waals surface area contributed by atoms with Gasteiger partial charge >= 0.3 is 0 Å². The van der Waals surface area contributed by atoms with Gasteiger partial charge in [0, 0.05) is 11.1 Å². The van der Waals surface area contributed by atoms with Crippen LogP contribution in [0, 0.1) is 11.8 Å². The Morgan fingerprint density at radius 3 is 1.68 bits per heavy atom. The van der Waals surface area contributed by atoms with E-state index in [1.165, 1.54) is 11.1 Å². The molecule has 2 rings (SSSR count). The molecule has 0 aliphatic rings. The first kappa shape index (κ1) is 16.1. The molecule has 112 valence electrons. The van der Waals surface area contributed by atoms with Gasteiger partial charge in [0.2, 0.25) is 0 Å². The van der Waals surface area contributed by atoms with Gasteiger partial charge in [0.1, 0.15) is 0 Å². The van der Waals surface area contributed by atoms with E-state index in [2.05, 4.69) is 94.6 Å². The summed E-state index contributed by atoms with van der Waals surface area (Å²) >= 11 is 0. The van der Waals surface area contributed by atoms with Crippen molar-refractivity contribution < 1.29 is 0 Å². The molecule has 0 saturated heterocycles. The zero-order valence-corrected chi connectivity index (χ0v) is 14.0. The lowest BCUT2D eigenvalue weighted by molar-refractivity contribution is 0.866. The molecular formula is C22H24. The average Bonchev–Trinajstić information content (AvgIpc) is 2.53. The lowest BCUT2D eigenvalue weighted by Gasteiger charge is -2.06. The molecule has 0 aromatic heterocycles. The first-order valence-corrected chi connectivity index (χ1v) is 7.88. The normalized spacial score (nSPS) is 10.5. The van der Waals surface area contributed by atoms with Crippen molar-refractivity contribution in [2.24, 2.45) is 0 Å². The van der Waals surface area contributed by atoms with Crippen LogP contribution in [0.3, 0.4) is 0 Å². The van der Waals surface area contributed by atoms with Gasteiger partial charge in [-0.15, -0.1) is 0 Å². The van der Waals surface area contributed by atoms with Crippen LogP contribution >= 0.6 is 0 Å². The lowest BCUT2D eigenvalue weighted by Crippen LogP contribution is -1.88. The molecule has 0 heteroatoms. The summed E-state index contributed by atoms with van der Waals surface area (Å²) in [4.78, 5) is 0. The Bertz CT molecular complexity index is 686. The molecule has 0 heterocycles. The number of rotatable bonds is 3. The first-order valence-electron chi connectivity index (χ1n) is 7.88. The minimum absolute atomic E-state index is 0.549. The van der Waals surface area contributed by atoms with E-state index in [0.29, 0.717) is 11.8 Å². The molecule has 0 nitrogen and oxygen atoms in total. The van der Waals surface area contributed by atoms with Crippen molar-refractivity contribution in [2.45, 2.75) is 39.5 Å². The van der Waals surface area contributed by atoms with Crippen molar-refractivity contribution in [3.63, 3.8) is 0 Å². The summed E-state index contributed by atoms with van der Waals surface area (Å²) in [5.74, 6) is 7.47. The number of benzene rings is 2. The van der Waals surface area contributed by atoms with Crippen LogP contribution < -0.4 is 0 Å². The predicted octanol–water partition coefficient (Wildman–Crippen LogP) is 6.00. The zero-order chi connectivity index (χ0) is 16.1. The topological polar surface area (TPSA) is 0 Å². The van der Waals surface area contributed by atoms with Crippen LogP contribution in [0.15, 0.2) is 55.1 Å². The van der Waals surface area contributed by atoms with Crippen molar-refractivity contribution >= 4 is 5.57 Å². The van der Waals surface area contributed by atoms with E-state index < -0.39 is 0 Å². The monoisotopic (exact) mass is 288 g/mol. The van der Waals surface area contributed by atoms with Gasteiger partial charge in [-0.2, -0.15) is 0 Å². The smallest absolute Gasteiger partial charge is 0.0249 e. The maximum atomic E-state index is 4.09. The maximum absolute atomic E-state index is 4.09. The molecule has 0 aliphatic heterocycles. The zero-order valence-electron chi connectivity index (χ0n) is 14.0. The SMILES string of the molecule is C=C(C#Cc1ccc(C(C)C)cc1)c1ccc(C(C)C)cc1. The second-order valence-electron chi connectivity index (χ2n) is 6.28. The molecule has 0 amide bonds. The van der Waals surface area contributed by atoms with Crippen molar-refractivity contribution in [2.75, 3.05) is 0 Å². The van der Waals surface area contributed by atoms with Gasteiger partial charge in [-0.05, 0) is 40.7 Å². The fraction of sp³-hybridized carbons (Fsp3) is 0.273. The van der Waals surface area contributed by atoms with E-state index in [0.717, 1.165) is 16.7 Å². The maximum Gasteiger partial charge on any atom is 0.0249 e. The highest BCUT2D eigenvalue weighted by atomic mass is 14.0. The minimum Gasteiger partial charge on any atom is -0.0827 e. The van der Waals surface area contributed by atoms with Crippen molar-refractivity contribution in [1.82, 2.24) is 0 Å². The molecule has 2 aromatic carbocycles. The number of hydrogen-bond donors (Lipinski definition) is 0. The summed E-state index contributed by atoms with van der Waals surface area (Å²) in [7, 11) is 0. The van der Waals surface area contributed by atoms with Gasteiger partial charge in [-0.1, -0.05) is 82.5 Å². The van der Waals surface area contributed by atoms with E-state index in [1.807, 2.05) is 0 Å². The third-order valence-electron chi connectivity index (χ3n) is 3.86. The number of allylic oxidation sites excluding steroid dienone is 1. The highest BCUT2D eigenvalue weighted by molar-refractivity contribution is 5.77. The Hall–Kier alpha value is -2.26. The fourth-order valence-electron chi connectivity index (χ4n) is 2.24. The summed E-state index contributed by atoms with van der Waals surface area (Å²) in [5.41, 5.74) is 5.67. The van der Waals surface area contributed by atoms with Crippen LogP contribution in [-0.4, -0.2) is 0 Å². The Balaban J connectivity index is 2.12. The van der Waals surface area contributed by atoms with Crippen LogP contribution in [0.4, 0.5) is 0 Å². The summed E-state index contributed by atoms with van der Waals surface area (Å²) in [6.07, 6.45) is 0. The molecule has 0 bridgehead atoms. The second-order valence-corrected chi connectivity index (χ2v) is 6.28. The Morgan fingerprint density at radius 2 is 1.23 bits per heavy atom. The van der Waals surface area contributed by atoms with Gasteiger partial charge in [-0.25, -0.2) is 0 Å². The van der Waals surface area contributed by atoms with E-state index in [4.69, 9.17) is 0 Å². The van der Waals surface area contributed by atoms with Crippen LogP contribution in [0.1, 0.15) is 61.8 Å². The third kappa shape index (κ3) is 4.12. The Kier molecular flexibility index (Phi) is 5.23. The molecule has 0 aliphatic carbocycles. The quantitative estimate of drug-likeness (QED) is 0.608. The van der Waals surface area contributed by atoms with Crippen molar-refractivity contribution in [1.29, 1.82) is 0 Å². The average molecular weight is 288 g/mol. The standard InChI is InChI=1S/C22H24/c1-16(2)20-10-8-19(9-11-20)7-6-18(5)22-14-12-21(13-15-22)17(3)4/h8-17H,5H2,1-4H3. The highest BCUT2D eigenvalue weighted by Crippen LogP contribution is 2.18. The van der Waals surface area contributed by atoms with Gasteiger partial charge in [0.25, 0.3) is 0 Å². The second kappa shape index (κ2) is 7.14. The Morgan fingerprint density at radius 1 is 0.773 bits per heavy atom.